The molecule has 3 rings (SSSR count). The Hall–Kier alpha value is -2.85. The summed E-state index contributed by atoms with van der Waals surface area (Å²) in [5.74, 6) is 0.198. The Morgan fingerprint density at radius 2 is 1.88 bits per heavy atom. The van der Waals surface area contributed by atoms with Crippen LogP contribution in [0.4, 0.5) is 5.69 Å². The minimum absolute atomic E-state index is 0.126. The summed E-state index contributed by atoms with van der Waals surface area (Å²) in [5, 5.41) is 3.16. The summed E-state index contributed by atoms with van der Waals surface area (Å²) in [6.07, 6.45) is 3.21. The molecule has 0 saturated heterocycles. The molecule has 4 nitrogen and oxygen atoms in total. The number of benzene rings is 2. The summed E-state index contributed by atoms with van der Waals surface area (Å²) in [4.78, 5) is 15.8. The fourth-order valence-corrected chi connectivity index (χ4v) is 2.44. The number of carbonyl (C=O) groups is 1. The van der Waals surface area contributed by atoms with Crippen LogP contribution in [0.5, 0.6) is 5.75 Å². The molecular weight excluding hydrogens is 324 g/mol. The molecule has 0 aliphatic heterocycles. The summed E-state index contributed by atoms with van der Waals surface area (Å²) in [5.41, 5.74) is 2.68. The van der Waals surface area contributed by atoms with Crippen molar-refractivity contribution >= 4 is 23.2 Å². The number of amides is 1. The second-order valence-corrected chi connectivity index (χ2v) is 5.50. The molecule has 0 unspecified atom stereocenters. The van der Waals surface area contributed by atoms with E-state index in [9.17, 15) is 4.79 Å². The molecule has 0 saturated carbocycles. The number of nitrogens with one attached hydrogen (secondary N) is 1. The van der Waals surface area contributed by atoms with E-state index in [0.29, 0.717) is 16.5 Å². The maximum atomic E-state index is 11.9. The van der Waals surface area contributed by atoms with Crippen LogP contribution in [0, 0.1) is 0 Å². The lowest BCUT2D eigenvalue weighted by Gasteiger charge is -2.10. The number of rotatable bonds is 5. The number of hydrogen-bond donors (Lipinski definition) is 1. The number of hydrogen-bond acceptors (Lipinski definition) is 3. The maximum Gasteiger partial charge on any atom is 0.262 e. The van der Waals surface area contributed by atoms with E-state index < -0.39 is 0 Å². The third kappa shape index (κ3) is 4.12. The normalized spacial score (nSPS) is 10.2. The van der Waals surface area contributed by atoms with Crippen LogP contribution in [0.2, 0.25) is 5.02 Å². The number of pyridine rings is 1. The van der Waals surface area contributed by atoms with E-state index in [1.807, 2.05) is 42.5 Å². The average Bonchev–Trinajstić information content (AvgIpc) is 2.62. The van der Waals surface area contributed by atoms with Crippen LogP contribution < -0.4 is 10.1 Å². The van der Waals surface area contributed by atoms with Crippen LogP contribution in [0.25, 0.3) is 11.1 Å². The van der Waals surface area contributed by atoms with Gasteiger partial charge in [-0.25, -0.2) is 0 Å². The Morgan fingerprint density at radius 1 is 1.04 bits per heavy atom. The van der Waals surface area contributed by atoms with Gasteiger partial charge in [-0.15, -0.1) is 0 Å². The molecule has 0 spiro atoms. The first-order chi connectivity index (χ1) is 11.7. The largest absolute Gasteiger partial charge is 0.482 e. The standard InChI is InChI=1S/C19H15ClN2O2/c20-17-11-15(14-5-2-1-3-6-14)8-9-18(17)24-13-19(23)22-16-7-4-10-21-12-16/h1-12H,13H2,(H,22,23). The Balaban J connectivity index is 1.62. The second kappa shape index (κ2) is 7.62. The highest BCUT2D eigenvalue weighted by Crippen LogP contribution is 2.30. The number of anilines is 1. The number of halogens is 1. The summed E-state index contributed by atoms with van der Waals surface area (Å²) >= 11 is 6.26. The summed E-state index contributed by atoms with van der Waals surface area (Å²) in [6, 6.07) is 18.9. The second-order valence-electron chi connectivity index (χ2n) is 5.09. The molecule has 5 heteroatoms. The van der Waals surface area contributed by atoms with Gasteiger partial charge in [0, 0.05) is 6.20 Å². The Kier molecular flexibility index (Phi) is 5.08. The molecule has 2 aromatic carbocycles. The van der Waals surface area contributed by atoms with E-state index in [1.54, 1.807) is 30.6 Å². The van der Waals surface area contributed by atoms with Gasteiger partial charge in [0.15, 0.2) is 6.61 Å². The predicted molar refractivity (Wildman–Crippen MR) is 95.2 cm³/mol. The first kappa shape index (κ1) is 16.0. The Morgan fingerprint density at radius 3 is 2.58 bits per heavy atom. The summed E-state index contributed by atoms with van der Waals surface area (Å²) in [6.45, 7) is -0.126. The Labute approximate surface area is 145 Å². The van der Waals surface area contributed by atoms with Gasteiger partial charge in [-0.2, -0.15) is 0 Å². The number of carbonyl (C=O) groups excluding carboxylic acids is 1. The van der Waals surface area contributed by atoms with Crippen LogP contribution in [0.15, 0.2) is 73.1 Å². The highest BCUT2D eigenvalue weighted by atomic mass is 35.5. The first-order valence-corrected chi connectivity index (χ1v) is 7.78. The van der Waals surface area contributed by atoms with Crippen molar-refractivity contribution in [2.45, 2.75) is 0 Å². The van der Waals surface area contributed by atoms with Gasteiger partial charge in [0.1, 0.15) is 5.75 Å². The zero-order valence-electron chi connectivity index (χ0n) is 12.8. The summed E-state index contributed by atoms with van der Waals surface area (Å²) < 4.78 is 5.50. The SMILES string of the molecule is O=C(COc1ccc(-c2ccccc2)cc1Cl)Nc1cccnc1. The topological polar surface area (TPSA) is 51.2 Å². The van der Waals surface area contributed by atoms with Gasteiger partial charge in [-0.3, -0.25) is 9.78 Å². The molecular formula is C19H15ClN2O2. The molecule has 3 aromatic rings. The van der Waals surface area contributed by atoms with Crippen molar-refractivity contribution in [3.63, 3.8) is 0 Å². The van der Waals surface area contributed by atoms with Crippen LogP contribution in [0.3, 0.4) is 0 Å². The minimum Gasteiger partial charge on any atom is -0.482 e. The van der Waals surface area contributed by atoms with Crippen molar-refractivity contribution in [2.24, 2.45) is 0 Å². The lowest BCUT2D eigenvalue weighted by Crippen LogP contribution is -2.20. The van der Waals surface area contributed by atoms with Crippen molar-refractivity contribution in [3.8, 4) is 16.9 Å². The van der Waals surface area contributed by atoms with Gasteiger partial charge in [0.25, 0.3) is 5.91 Å². The molecule has 1 amide bonds. The van der Waals surface area contributed by atoms with Crippen molar-refractivity contribution < 1.29 is 9.53 Å². The zero-order chi connectivity index (χ0) is 16.8. The van der Waals surface area contributed by atoms with E-state index in [2.05, 4.69) is 10.3 Å². The van der Waals surface area contributed by atoms with Gasteiger partial charge in [-0.1, -0.05) is 48.0 Å². The molecule has 0 aliphatic rings. The van der Waals surface area contributed by atoms with E-state index >= 15 is 0 Å². The smallest absolute Gasteiger partial charge is 0.262 e. The highest BCUT2D eigenvalue weighted by molar-refractivity contribution is 6.32. The summed E-state index contributed by atoms with van der Waals surface area (Å²) in [7, 11) is 0. The fraction of sp³-hybridized carbons (Fsp3) is 0.0526. The van der Waals surface area contributed by atoms with E-state index in [-0.39, 0.29) is 12.5 Å². The molecule has 120 valence electrons. The molecule has 0 atom stereocenters. The van der Waals surface area contributed by atoms with Crippen molar-refractivity contribution in [1.82, 2.24) is 4.98 Å². The molecule has 24 heavy (non-hydrogen) atoms. The van der Waals surface area contributed by atoms with Gasteiger partial charge in [0.2, 0.25) is 0 Å². The van der Waals surface area contributed by atoms with Gasteiger partial charge in [-0.05, 0) is 35.4 Å². The molecule has 0 aliphatic carbocycles. The van der Waals surface area contributed by atoms with Gasteiger partial charge >= 0.3 is 0 Å². The molecule has 1 aromatic heterocycles. The van der Waals surface area contributed by atoms with Crippen molar-refractivity contribution in [3.05, 3.63) is 78.1 Å². The van der Waals surface area contributed by atoms with E-state index in [1.165, 1.54) is 0 Å². The van der Waals surface area contributed by atoms with E-state index in [0.717, 1.165) is 11.1 Å². The number of aromatic nitrogens is 1. The monoisotopic (exact) mass is 338 g/mol. The lowest BCUT2D eigenvalue weighted by atomic mass is 10.1. The van der Waals surface area contributed by atoms with Gasteiger partial charge < -0.3 is 10.1 Å². The molecule has 0 radical (unpaired) electrons. The lowest BCUT2D eigenvalue weighted by molar-refractivity contribution is -0.118. The molecule has 1 heterocycles. The number of ether oxygens (including phenoxy) is 1. The van der Waals surface area contributed by atoms with Crippen LogP contribution in [-0.2, 0) is 4.79 Å². The number of nitrogens with zero attached hydrogens (tertiary/aromatic N) is 1. The average molecular weight is 339 g/mol. The third-order valence-corrected chi connectivity index (χ3v) is 3.64. The molecule has 0 bridgehead atoms. The van der Waals surface area contributed by atoms with Crippen LogP contribution in [0.1, 0.15) is 0 Å². The van der Waals surface area contributed by atoms with Crippen LogP contribution >= 0.6 is 11.6 Å². The highest BCUT2D eigenvalue weighted by Gasteiger charge is 2.08. The molecule has 0 fully saturated rings. The predicted octanol–water partition coefficient (Wildman–Crippen LogP) is 4.42. The quantitative estimate of drug-likeness (QED) is 0.749. The maximum absolute atomic E-state index is 11.9. The minimum atomic E-state index is -0.272. The first-order valence-electron chi connectivity index (χ1n) is 7.40. The third-order valence-electron chi connectivity index (χ3n) is 3.34. The zero-order valence-corrected chi connectivity index (χ0v) is 13.5. The van der Waals surface area contributed by atoms with Crippen LogP contribution in [-0.4, -0.2) is 17.5 Å². The fourth-order valence-electron chi connectivity index (χ4n) is 2.21. The van der Waals surface area contributed by atoms with Crippen molar-refractivity contribution in [2.75, 3.05) is 11.9 Å². The van der Waals surface area contributed by atoms with Gasteiger partial charge in [0.05, 0.1) is 16.9 Å². The van der Waals surface area contributed by atoms with E-state index in [4.69, 9.17) is 16.3 Å². The van der Waals surface area contributed by atoms with Crippen molar-refractivity contribution in [1.29, 1.82) is 0 Å². The Bertz CT molecular complexity index is 823. The molecule has 1 N–H and O–H groups in total.